The van der Waals surface area contributed by atoms with Gasteiger partial charge in [0, 0.05) is 30.9 Å². The maximum absolute atomic E-state index is 12.9. The van der Waals surface area contributed by atoms with E-state index >= 15 is 0 Å². The zero-order chi connectivity index (χ0) is 16.2. The summed E-state index contributed by atoms with van der Waals surface area (Å²) in [5, 5.41) is 2.75. The number of hydrogen-bond donors (Lipinski definition) is 1. The number of amides is 2. The van der Waals surface area contributed by atoms with Gasteiger partial charge in [0.25, 0.3) is 0 Å². The van der Waals surface area contributed by atoms with Crippen LogP contribution in [0.2, 0.25) is 0 Å². The molecular formula is C17H18FN3O2. The largest absolute Gasteiger partial charge is 0.472 e. The van der Waals surface area contributed by atoms with E-state index in [0.29, 0.717) is 24.7 Å². The predicted octanol–water partition coefficient (Wildman–Crippen LogP) is 3.21. The number of carbonyl (C=O) groups excluding carboxylic acids is 1. The van der Waals surface area contributed by atoms with E-state index in [-0.39, 0.29) is 18.0 Å². The van der Waals surface area contributed by atoms with Crippen LogP contribution in [0.3, 0.4) is 0 Å². The number of anilines is 1. The number of rotatable bonds is 3. The molecule has 1 aliphatic rings. The van der Waals surface area contributed by atoms with Gasteiger partial charge in [-0.05, 0) is 36.8 Å². The maximum atomic E-state index is 12.9. The van der Waals surface area contributed by atoms with Crippen LogP contribution in [0, 0.1) is 12.7 Å². The second-order valence-electron chi connectivity index (χ2n) is 5.59. The van der Waals surface area contributed by atoms with E-state index in [2.05, 4.69) is 10.3 Å². The highest BCUT2D eigenvalue weighted by atomic mass is 19.1. The van der Waals surface area contributed by atoms with Gasteiger partial charge in [0.15, 0.2) is 0 Å². The van der Waals surface area contributed by atoms with E-state index in [1.807, 2.05) is 19.1 Å². The van der Waals surface area contributed by atoms with Gasteiger partial charge in [-0.25, -0.2) is 14.2 Å². The summed E-state index contributed by atoms with van der Waals surface area (Å²) < 4.78 is 18.7. The molecule has 2 amide bonds. The number of likely N-dealkylation sites (tertiary alicyclic amines) is 1. The number of nitrogens with one attached hydrogen (secondary N) is 1. The summed E-state index contributed by atoms with van der Waals surface area (Å²) in [6, 6.07) is 9.26. The summed E-state index contributed by atoms with van der Waals surface area (Å²) in [6.07, 6.45) is 2.44. The maximum Gasteiger partial charge on any atom is 0.321 e. The summed E-state index contributed by atoms with van der Waals surface area (Å²) in [6.45, 7) is 3.08. The number of aromatic nitrogens is 1. The van der Waals surface area contributed by atoms with Gasteiger partial charge in [0.2, 0.25) is 5.88 Å². The molecule has 2 heterocycles. The van der Waals surface area contributed by atoms with Gasteiger partial charge in [0.1, 0.15) is 11.9 Å². The average Bonchev–Trinajstić information content (AvgIpc) is 3.00. The monoisotopic (exact) mass is 315 g/mol. The molecule has 1 fully saturated rings. The van der Waals surface area contributed by atoms with E-state index in [1.165, 1.54) is 24.3 Å². The molecule has 1 unspecified atom stereocenters. The summed E-state index contributed by atoms with van der Waals surface area (Å²) in [5.41, 5.74) is 1.64. The minimum absolute atomic E-state index is 0.0656. The number of hydrogen-bond acceptors (Lipinski definition) is 3. The molecule has 1 saturated heterocycles. The molecule has 0 spiro atoms. The first-order chi connectivity index (χ1) is 11.1. The Morgan fingerprint density at radius 1 is 1.30 bits per heavy atom. The van der Waals surface area contributed by atoms with Crippen molar-refractivity contribution in [3.63, 3.8) is 0 Å². The number of halogens is 1. The molecule has 1 aliphatic heterocycles. The Kier molecular flexibility index (Phi) is 4.41. The molecular weight excluding hydrogens is 297 g/mol. The molecule has 1 atom stereocenters. The van der Waals surface area contributed by atoms with Crippen molar-refractivity contribution in [2.45, 2.75) is 19.4 Å². The molecule has 23 heavy (non-hydrogen) atoms. The first-order valence-corrected chi connectivity index (χ1v) is 7.51. The van der Waals surface area contributed by atoms with Crippen LogP contribution in [0.5, 0.6) is 5.88 Å². The second kappa shape index (κ2) is 6.64. The van der Waals surface area contributed by atoms with E-state index < -0.39 is 0 Å². The highest BCUT2D eigenvalue weighted by Crippen LogP contribution is 2.18. The Morgan fingerprint density at radius 2 is 2.09 bits per heavy atom. The smallest absolute Gasteiger partial charge is 0.321 e. The third kappa shape index (κ3) is 3.97. The molecule has 1 aromatic carbocycles. The number of nitrogens with zero attached hydrogens (tertiary/aromatic N) is 2. The van der Waals surface area contributed by atoms with Crippen molar-refractivity contribution in [1.82, 2.24) is 9.88 Å². The minimum Gasteiger partial charge on any atom is -0.472 e. The lowest BCUT2D eigenvalue weighted by molar-refractivity contribution is 0.190. The highest BCUT2D eigenvalue weighted by molar-refractivity contribution is 5.89. The lowest BCUT2D eigenvalue weighted by Crippen LogP contribution is -2.34. The Labute approximate surface area is 134 Å². The van der Waals surface area contributed by atoms with E-state index in [0.717, 1.165) is 12.0 Å². The standard InChI is InChI=1S/C17H18FN3O2/c1-12-2-7-16(19-10-12)23-15-8-9-21(11-15)17(22)20-14-5-3-13(18)4-6-14/h2-7,10,15H,8-9,11H2,1H3,(H,20,22). The molecule has 2 aromatic rings. The first kappa shape index (κ1) is 15.3. The third-order valence-corrected chi connectivity index (χ3v) is 3.70. The van der Waals surface area contributed by atoms with Gasteiger partial charge in [-0.2, -0.15) is 0 Å². The van der Waals surface area contributed by atoms with Gasteiger partial charge >= 0.3 is 6.03 Å². The summed E-state index contributed by atoms with van der Waals surface area (Å²) in [7, 11) is 0. The minimum atomic E-state index is -0.330. The van der Waals surface area contributed by atoms with Gasteiger partial charge in [-0.15, -0.1) is 0 Å². The fourth-order valence-electron chi connectivity index (χ4n) is 2.44. The fraction of sp³-hybridized carbons (Fsp3) is 0.294. The summed E-state index contributed by atoms with van der Waals surface area (Å²) in [4.78, 5) is 18.1. The first-order valence-electron chi connectivity index (χ1n) is 7.51. The molecule has 5 nitrogen and oxygen atoms in total. The van der Waals surface area contributed by atoms with Crippen molar-refractivity contribution in [2.75, 3.05) is 18.4 Å². The molecule has 1 N–H and O–H groups in total. The van der Waals surface area contributed by atoms with Gasteiger partial charge in [-0.3, -0.25) is 0 Å². The molecule has 3 rings (SSSR count). The number of benzene rings is 1. The quantitative estimate of drug-likeness (QED) is 0.946. The molecule has 0 saturated carbocycles. The zero-order valence-corrected chi connectivity index (χ0v) is 12.8. The zero-order valence-electron chi connectivity index (χ0n) is 12.8. The van der Waals surface area contributed by atoms with Crippen LogP contribution in [-0.4, -0.2) is 35.1 Å². The Bertz CT molecular complexity index is 673. The fourth-order valence-corrected chi connectivity index (χ4v) is 2.44. The average molecular weight is 315 g/mol. The molecule has 120 valence electrons. The summed E-state index contributed by atoms with van der Waals surface area (Å²) >= 11 is 0. The Hall–Kier alpha value is -2.63. The van der Waals surface area contributed by atoms with Crippen LogP contribution in [0.4, 0.5) is 14.9 Å². The SMILES string of the molecule is Cc1ccc(OC2CCN(C(=O)Nc3ccc(F)cc3)C2)nc1. The Balaban J connectivity index is 1.53. The van der Waals surface area contributed by atoms with Crippen LogP contribution in [0.1, 0.15) is 12.0 Å². The number of carbonyl (C=O) groups is 1. The van der Waals surface area contributed by atoms with Crippen LogP contribution < -0.4 is 10.1 Å². The normalized spacial score (nSPS) is 17.1. The molecule has 6 heteroatoms. The third-order valence-electron chi connectivity index (χ3n) is 3.70. The lowest BCUT2D eigenvalue weighted by Gasteiger charge is -2.17. The van der Waals surface area contributed by atoms with Crippen LogP contribution in [0.25, 0.3) is 0 Å². The van der Waals surface area contributed by atoms with Crippen molar-refractivity contribution in [3.8, 4) is 5.88 Å². The van der Waals surface area contributed by atoms with E-state index in [1.54, 1.807) is 11.1 Å². The van der Waals surface area contributed by atoms with Crippen LogP contribution >= 0.6 is 0 Å². The topological polar surface area (TPSA) is 54.5 Å². The second-order valence-corrected chi connectivity index (χ2v) is 5.59. The number of ether oxygens (including phenoxy) is 1. The molecule has 0 bridgehead atoms. The molecule has 1 aromatic heterocycles. The highest BCUT2D eigenvalue weighted by Gasteiger charge is 2.27. The number of aryl methyl sites for hydroxylation is 1. The Morgan fingerprint density at radius 3 is 2.78 bits per heavy atom. The summed E-state index contributed by atoms with van der Waals surface area (Å²) in [5.74, 6) is 0.240. The van der Waals surface area contributed by atoms with Crippen LogP contribution in [0.15, 0.2) is 42.6 Å². The number of pyridine rings is 1. The van der Waals surface area contributed by atoms with Crippen molar-refractivity contribution in [3.05, 3.63) is 54.0 Å². The van der Waals surface area contributed by atoms with Gasteiger partial charge in [-0.1, -0.05) is 6.07 Å². The van der Waals surface area contributed by atoms with Crippen molar-refractivity contribution in [1.29, 1.82) is 0 Å². The predicted molar refractivity (Wildman–Crippen MR) is 85.0 cm³/mol. The number of urea groups is 1. The lowest BCUT2D eigenvalue weighted by atomic mass is 10.3. The molecule has 0 radical (unpaired) electrons. The van der Waals surface area contributed by atoms with Crippen molar-refractivity contribution >= 4 is 11.7 Å². The van der Waals surface area contributed by atoms with Gasteiger partial charge in [0.05, 0.1) is 6.54 Å². The van der Waals surface area contributed by atoms with Crippen LogP contribution in [-0.2, 0) is 0 Å². The van der Waals surface area contributed by atoms with E-state index in [4.69, 9.17) is 4.74 Å². The van der Waals surface area contributed by atoms with Gasteiger partial charge < -0.3 is 15.0 Å². The van der Waals surface area contributed by atoms with Crippen molar-refractivity contribution in [2.24, 2.45) is 0 Å². The van der Waals surface area contributed by atoms with Crippen molar-refractivity contribution < 1.29 is 13.9 Å². The van der Waals surface area contributed by atoms with E-state index in [9.17, 15) is 9.18 Å². The molecule has 0 aliphatic carbocycles.